The predicted octanol–water partition coefficient (Wildman–Crippen LogP) is 1.24. The number of guanidine groups is 1. The molecule has 7 nitrogen and oxygen atoms in total. The molecule has 0 aliphatic heterocycles. The van der Waals surface area contributed by atoms with Crippen molar-refractivity contribution in [3.63, 3.8) is 0 Å². The zero-order chi connectivity index (χ0) is 17.9. The van der Waals surface area contributed by atoms with Crippen molar-refractivity contribution >= 4 is 11.9 Å². The number of carbonyl (C=O) groups excluding carboxylic acids is 1. The van der Waals surface area contributed by atoms with Crippen molar-refractivity contribution in [2.45, 2.75) is 19.9 Å². The van der Waals surface area contributed by atoms with Crippen molar-refractivity contribution < 1.29 is 14.3 Å². The molecule has 7 heteroatoms. The van der Waals surface area contributed by atoms with Gasteiger partial charge in [-0.05, 0) is 24.1 Å². The molecule has 1 amide bonds. The van der Waals surface area contributed by atoms with E-state index in [0.29, 0.717) is 24.0 Å². The summed E-state index contributed by atoms with van der Waals surface area (Å²) in [4.78, 5) is 17.8. The summed E-state index contributed by atoms with van der Waals surface area (Å²) in [5.41, 5.74) is 0.990. The first-order valence-corrected chi connectivity index (χ1v) is 7.95. The van der Waals surface area contributed by atoms with Gasteiger partial charge in [0.25, 0.3) is 0 Å². The summed E-state index contributed by atoms with van der Waals surface area (Å²) in [6.45, 7) is 3.53. The van der Waals surface area contributed by atoms with E-state index >= 15 is 0 Å². The summed E-state index contributed by atoms with van der Waals surface area (Å²) >= 11 is 0. The molecule has 0 saturated heterocycles. The summed E-state index contributed by atoms with van der Waals surface area (Å²) in [5, 5.41) is 6.25. The first-order chi connectivity index (χ1) is 11.5. The topological polar surface area (TPSA) is 75.2 Å². The minimum absolute atomic E-state index is 0.00730. The number of rotatable bonds is 8. The van der Waals surface area contributed by atoms with Crippen LogP contribution in [0.5, 0.6) is 11.5 Å². The van der Waals surface area contributed by atoms with E-state index in [-0.39, 0.29) is 12.5 Å². The van der Waals surface area contributed by atoms with Gasteiger partial charge in [0.15, 0.2) is 17.5 Å². The van der Waals surface area contributed by atoms with Gasteiger partial charge in [-0.3, -0.25) is 4.79 Å². The van der Waals surface area contributed by atoms with Crippen LogP contribution in [0.4, 0.5) is 0 Å². The fourth-order valence-electron chi connectivity index (χ4n) is 1.88. The molecule has 2 N–H and O–H groups in total. The van der Waals surface area contributed by atoms with Gasteiger partial charge in [-0.25, -0.2) is 4.99 Å². The molecule has 0 unspecified atom stereocenters. The fourth-order valence-corrected chi connectivity index (χ4v) is 1.88. The van der Waals surface area contributed by atoms with Gasteiger partial charge in [-0.2, -0.15) is 0 Å². The number of amides is 1. The third-order valence-electron chi connectivity index (χ3n) is 3.32. The molecule has 0 heterocycles. The Hall–Kier alpha value is -2.44. The lowest BCUT2D eigenvalue weighted by molar-refractivity contribution is -0.127. The van der Waals surface area contributed by atoms with Crippen LogP contribution < -0.4 is 20.1 Å². The van der Waals surface area contributed by atoms with Crippen LogP contribution in [0.15, 0.2) is 23.2 Å². The van der Waals surface area contributed by atoms with Gasteiger partial charge < -0.3 is 25.0 Å². The van der Waals surface area contributed by atoms with E-state index in [1.165, 1.54) is 0 Å². The molecular formula is C17H28N4O3. The molecular weight excluding hydrogens is 308 g/mol. The normalized spacial score (nSPS) is 11.0. The van der Waals surface area contributed by atoms with Crippen molar-refractivity contribution in [2.24, 2.45) is 4.99 Å². The summed E-state index contributed by atoms with van der Waals surface area (Å²) in [6, 6.07) is 5.68. The van der Waals surface area contributed by atoms with E-state index in [1.807, 2.05) is 18.2 Å². The average molecular weight is 336 g/mol. The Morgan fingerprint density at radius 3 is 2.46 bits per heavy atom. The maximum Gasteiger partial charge on any atom is 0.241 e. The van der Waals surface area contributed by atoms with Crippen LogP contribution in [0.3, 0.4) is 0 Å². The minimum Gasteiger partial charge on any atom is -0.493 e. The lowest BCUT2D eigenvalue weighted by Gasteiger charge is -2.15. The number of aliphatic imine (C=N–C) groups is 1. The molecule has 0 bridgehead atoms. The molecule has 0 aliphatic rings. The minimum atomic E-state index is -0.00730. The predicted molar refractivity (Wildman–Crippen MR) is 95.7 cm³/mol. The van der Waals surface area contributed by atoms with E-state index in [2.05, 4.69) is 22.5 Å². The van der Waals surface area contributed by atoms with Gasteiger partial charge in [0.1, 0.15) is 0 Å². The first kappa shape index (κ1) is 19.6. The fraction of sp³-hybridized carbons (Fsp3) is 0.529. The number of nitrogens with zero attached hydrogens (tertiary/aromatic N) is 2. The van der Waals surface area contributed by atoms with Gasteiger partial charge in [0.05, 0.1) is 27.3 Å². The summed E-state index contributed by atoms with van der Waals surface area (Å²) < 4.78 is 10.5. The molecule has 0 atom stereocenters. The van der Waals surface area contributed by atoms with E-state index in [0.717, 1.165) is 18.5 Å². The molecule has 24 heavy (non-hydrogen) atoms. The van der Waals surface area contributed by atoms with Crippen molar-refractivity contribution in [2.75, 3.05) is 41.4 Å². The van der Waals surface area contributed by atoms with Gasteiger partial charge in [0.2, 0.25) is 5.91 Å². The van der Waals surface area contributed by atoms with Crippen molar-refractivity contribution in [1.82, 2.24) is 15.5 Å². The second kappa shape index (κ2) is 10.4. The molecule has 1 aromatic carbocycles. The van der Waals surface area contributed by atoms with Crippen LogP contribution in [0, 0.1) is 0 Å². The quantitative estimate of drug-likeness (QED) is 0.552. The molecule has 0 fully saturated rings. The average Bonchev–Trinajstić information content (AvgIpc) is 2.60. The van der Waals surface area contributed by atoms with Crippen molar-refractivity contribution in [1.29, 1.82) is 0 Å². The Morgan fingerprint density at radius 1 is 1.17 bits per heavy atom. The lowest BCUT2D eigenvalue weighted by atomic mass is 10.2. The molecule has 0 radical (unpaired) electrons. The summed E-state index contributed by atoms with van der Waals surface area (Å²) in [6.07, 6.45) is 0.971. The van der Waals surface area contributed by atoms with Crippen LogP contribution in [-0.4, -0.2) is 58.2 Å². The van der Waals surface area contributed by atoms with Crippen LogP contribution in [0.25, 0.3) is 0 Å². The van der Waals surface area contributed by atoms with Crippen molar-refractivity contribution in [3.05, 3.63) is 23.8 Å². The third-order valence-corrected chi connectivity index (χ3v) is 3.32. The maximum atomic E-state index is 11.7. The van der Waals surface area contributed by atoms with Crippen LogP contribution in [-0.2, 0) is 11.3 Å². The highest BCUT2D eigenvalue weighted by molar-refractivity contribution is 5.86. The third kappa shape index (κ3) is 6.36. The number of hydrogen-bond acceptors (Lipinski definition) is 4. The Kier molecular flexibility index (Phi) is 8.46. The highest BCUT2D eigenvalue weighted by Crippen LogP contribution is 2.27. The second-order valence-electron chi connectivity index (χ2n) is 5.42. The van der Waals surface area contributed by atoms with E-state index in [9.17, 15) is 4.79 Å². The first-order valence-electron chi connectivity index (χ1n) is 7.95. The number of nitrogens with one attached hydrogen (secondary N) is 2. The van der Waals surface area contributed by atoms with Crippen molar-refractivity contribution in [3.8, 4) is 11.5 Å². The molecule has 0 spiro atoms. The SMILES string of the molecule is CCCNC(=NCc1ccc(OC)c(OC)c1)NCC(=O)N(C)C. The van der Waals surface area contributed by atoms with E-state index < -0.39 is 0 Å². The van der Waals surface area contributed by atoms with Crippen LogP contribution in [0.1, 0.15) is 18.9 Å². The zero-order valence-corrected chi connectivity index (χ0v) is 15.2. The zero-order valence-electron chi connectivity index (χ0n) is 15.2. The number of likely N-dealkylation sites (N-methyl/N-ethyl adjacent to an activating group) is 1. The summed E-state index contributed by atoms with van der Waals surface area (Å²) in [7, 11) is 6.66. The molecule has 0 aromatic heterocycles. The Bertz CT molecular complexity index is 559. The van der Waals surface area contributed by atoms with E-state index in [1.54, 1.807) is 33.2 Å². The highest BCUT2D eigenvalue weighted by atomic mass is 16.5. The monoisotopic (exact) mass is 336 g/mol. The number of carbonyl (C=O) groups is 1. The molecule has 1 aromatic rings. The Balaban J connectivity index is 2.77. The Labute approximate surface area is 144 Å². The van der Waals surface area contributed by atoms with Gasteiger partial charge >= 0.3 is 0 Å². The maximum absolute atomic E-state index is 11.7. The molecule has 0 saturated carbocycles. The van der Waals surface area contributed by atoms with Gasteiger partial charge in [0, 0.05) is 20.6 Å². The standard InChI is InChI=1S/C17H28N4O3/c1-6-9-18-17(20-12-16(22)21(2)3)19-11-13-7-8-14(23-4)15(10-13)24-5/h7-8,10H,6,9,11-12H2,1-5H3,(H2,18,19,20). The van der Waals surface area contributed by atoms with Crippen LogP contribution >= 0.6 is 0 Å². The molecule has 134 valence electrons. The molecule has 0 aliphatic carbocycles. The summed E-state index contributed by atoms with van der Waals surface area (Å²) in [5.74, 6) is 1.96. The second-order valence-corrected chi connectivity index (χ2v) is 5.42. The molecule has 1 rings (SSSR count). The smallest absolute Gasteiger partial charge is 0.241 e. The Morgan fingerprint density at radius 2 is 1.88 bits per heavy atom. The van der Waals surface area contributed by atoms with E-state index in [4.69, 9.17) is 9.47 Å². The number of hydrogen-bond donors (Lipinski definition) is 2. The van der Waals surface area contributed by atoms with Crippen LogP contribution in [0.2, 0.25) is 0 Å². The number of methoxy groups -OCH3 is 2. The van der Waals surface area contributed by atoms with Gasteiger partial charge in [-0.1, -0.05) is 13.0 Å². The lowest BCUT2D eigenvalue weighted by Crippen LogP contribution is -2.43. The number of ether oxygens (including phenoxy) is 2. The number of benzene rings is 1. The van der Waals surface area contributed by atoms with Gasteiger partial charge in [-0.15, -0.1) is 0 Å². The highest BCUT2D eigenvalue weighted by Gasteiger charge is 2.07. The largest absolute Gasteiger partial charge is 0.493 e.